The lowest BCUT2D eigenvalue weighted by molar-refractivity contribution is -0.121. The van der Waals surface area contributed by atoms with Gasteiger partial charge in [0.15, 0.2) is 17.0 Å². The minimum atomic E-state index is -1.04. The molecule has 1 unspecified atom stereocenters. The van der Waals surface area contributed by atoms with E-state index in [-0.39, 0.29) is 36.5 Å². The number of nitrogens with one attached hydrogen (secondary N) is 2. The van der Waals surface area contributed by atoms with Gasteiger partial charge in [-0.15, -0.1) is 11.3 Å². The highest BCUT2D eigenvalue weighted by atomic mass is 32.1. The number of hydrogen-bond acceptors (Lipinski definition) is 11. The van der Waals surface area contributed by atoms with Gasteiger partial charge in [-0.1, -0.05) is 12.1 Å². The SMILES string of the molecule is O=C1CCN(c2cnc(CN3CCN(c4ccc(-c5cc(F)c6c(c5)C(=O)N(C(C(=O)Nc5nccs5)c5ncn7c5CCC7)C6)cc4)CC3)cn2)C(=O)N1. The van der Waals surface area contributed by atoms with Crippen molar-refractivity contribution >= 4 is 51.7 Å². The number of hydrogen-bond donors (Lipinski definition) is 2. The van der Waals surface area contributed by atoms with E-state index < -0.39 is 29.7 Å². The smallest absolute Gasteiger partial charge is 0.329 e. The zero-order chi connectivity index (χ0) is 37.6. The minimum absolute atomic E-state index is 0.0498. The Morgan fingerprint density at radius 3 is 2.51 bits per heavy atom. The summed E-state index contributed by atoms with van der Waals surface area (Å²) in [5.74, 6) is -1.23. The first-order valence-corrected chi connectivity index (χ1v) is 19.0. The minimum Gasteiger partial charge on any atom is -0.369 e. The van der Waals surface area contributed by atoms with Gasteiger partial charge in [0.1, 0.15) is 5.82 Å². The molecule has 5 aromatic rings. The summed E-state index contributed by atoms with van der Waals surface area (Å²) in [5, 5.41) is 7.30. The molecule has 4 aliphatic rings. The van der Waals surface area contributed by atoms with Gasteiger partial charge in [-0.3, -0.25) is 39.8 Å². The zero-order valence-electron chi connectivity index (χ0n) is 29.7. The third-order valence-electron chi connectivity index (χ3n) is 10.6. The van der Waals surface area contributed by atoms with Crippen molar-refractivity contribution < 1.29 is 23.6 Å². The highest BCUT2D eigenvalue weighted by Crippen LogP contribution is 2.38. The van der Waals surface area contributed by atoms with Gasteiger partial charge in [0.05, 0.1) is 36.7 Å². The average Bonchev–Trinajstić information content (AvgIpc) is 4.01. The van der Waals surface area contributed by atoms with Gasteiger partial charge < -0.3 is 14.4 Å². The summed E-state index contributed by atoms with van der Waals surface area (Å²) < 4.78 is 17.9. The monoisotopic (exact) mass is 761 g/mol. The number of benzene rings is 2. The van der Waals surface area contributed by atoms with Crippen molar-refractivity contribution in [1.29, 1.82) is 0 Å². The molecule has 0 saturated carbocycles. The lowest BCUT2D eigenvalue weighted by atomic mass is 9.99. The molecule has 2 fully saturated rings. The standard InChI is InChI=1S/C38H36FN11O4S/c39-29-17-24(16-27-28(29)21-50(36(27)53)34(35(52)45-37-40-8-15-55-37)33-30-2-1-9-48(30)22-43-33)23-3-5-26(6-4-23)47-13-11-46(12-14-47)20-25-18-42-31(19-41-25)49-10-7-32(51)44-38(49)54/h3-6,8,15-19,22,34H,1-2,7,9-14,20-21H2,(H,40,45,52)(H,44,51,54). The Kier molecular flexibility index (Phi) is 9.01. The van der Waals surface area contributed by atoms with E-state index in [0.29, 0.717) is 28.8 Å². The highest BCUT2D eigenvalue weighted by Gasteiger charge is 2.42. The number of amides is 5. The summed E-state index contributed by atoms with van der Waals surface area (Å²) in [6.07, 6.45) is 8.42. The van der Waals surface area contributed by atoms with Crippen molar-refractivity contribution in [1.82, 2.24) is 39.6 Å². The fourth-order valence-corrected chi connectivity index (χ4v) is 8.31. The number of piperazine rings is 1. The first kappa shape index (κ1) is 34.7. The molecule has 7 heterocycles. The molecule has 0 radical (unpaired) electrons. The van der Waals surface area contributed by atoms with Crippen LogP contribution in [0.4, 0.5) is 25.8 Å². The van der Waals surface area contributed by atoms with Crippen molar-refractivity contribution in [3.8, 4) is 11.1 Å². The number of urea groups is 1. The quantitative estimate of drug-likeness (QED) is 0.225. The molecule has 0 bridgehead atoms. The molecule has 4 aliphatic heterocycles. The van der Waals surface area contributed by atoms with Crippen LogP contribution < -0.4 is 20.4 Å². The van der Waals surface area contributed by atoms with E-state index in [1.807, 2.05) is 28.8 Å². The van der Waals surface area contributed by atoms with Crippen LogP contribution in [-0.2, 0) is 35.6 Å². The molecule has 2 saturated heterocycles. The molecule has 5 amide bonds. The van der Waals surface area contributed by atoms with Gasteiger partial charge in [0.2, 0.25) is 5.91 Å². The van der Waals surface area contributed by atoms with Crippen LogP contribution >= 0.6 is 11.3 Å². The Morgan fingerprint density at radius 2 is 1.76 bits per heavy atom. The molecular formula is C38H36FN11O4S. The third kappa shape index (κ3) is 6.69. The molecule has 2 N–H and O–H groups in total. The summed E-state index contributed by atoms with van der Waals surface area (Å²) in [6, 6.07) is 9.55. The molecule has 15 nitrogen and oxygen atoms in total. The lowest BCUT2D eigenvalue weighted by Crippen LogP contribution is -2.50. The first-order chi connectivity index (χ1) is 26.8. The maximum atomic E-state index is 15.9. The number of halogens is 1. The van der Waals surface area contributed by atoms with Gasteiger partial charge >= 0.3 is 6.03 Å². The highest BCUT2D eigenvalue weighted by molar-refractivity contribution is 7.13. The Labute approximate surface area is 318 Å². The van der Waals surface area contributed by atoms with Crippen LogP contribution in [0.1, 0.15) is 51.9 Å². The number of aromatic nitrogens is 5. The van der Waals surface area contributed by atoms with E-state index >= 15 is 4.39 Å². The van der Waals surface area contributed by atoms with E-state index in [9.17, 15) is 19.2 Å². The number of anilines is 3. The normalized spacial score (nSPS) is 17.7. The largest absolute Gasteiger partial charge is 0.369 e. The average molecular weight is 762 g/mol. The van der Waals surface area contributed by atoms with E-state index in [1.165, 1.54) is 27.2 Å². The Balaban J connectivity index is 0.858. The number of carbonyl (C=O) groups excluding carboxylic acids is 4. The summed E-state index contributed by atoms with van der Waals surface area (Å²) in [4.78, 5) is 76.5. The predicted molar refractivity (Wildman–Crippen MR) is 201 cm³/mol. The van der Waals surface area contributed by atoms with Crippen LogP contribution in [0.5, 0.6) is 0 Å². The summed E-state index contributed by atoms with van der Waals surface area (Å²) >= 11 is 1.28. The van der Waals surface area contributed by atoms with Crippen molar-refractivity contribution in [2.75, 3.05) is 47.8 Å². The van der Waals surface area contributed by atoms with E-state index in [2.05, 4.69) is 40.4 Å². The van der Waals surface area contributed by atoms with Crippen LogP contribution in [0.15, 0.2) is 66.7 Å². The van der Waals surface area contributed by atoms with Gasteiger partial charge in [-0.05, 0) is 48.2 Å². The van der Waals surface area contributed by atoms with E-state index in [0.717, 1.165) is 68.2 Å². The molecular weight excluding hydrogens is 726 g/mol. The van der Waals surface area contributed by atoms with Crippen LogP contribution in [-0.4, -0.2) is 90.8 Å². The van der Waals surface area contributed by atoms with Gasteiger partial charge in [0, 0.05) is 86.3 Å². The molecule has 17 heteroatoms. The van der Waals surface area contributed by atoms with Crippen molar-refractivity contribution in [2.45, 2.75) is 44.9 Å². The van der Waals surface area contributed by atoms with Crippen LogP contribution in [0.2, 0.25) is 0 Å². The van der Waals surface area contributed by atoms with Crippen molar-refractivity contribution in [3.63, 3.8) is 0 Å². The Hall–Kier alpha value is -6.07. The summed E-state index contributed by atoms with van der Waals surface area (Å²) in [6.45, 7) is 4.84. The number of imide groups is 1. The van der Waals surface area contributed by atoms with Gasteiger partial charge in [-0.2, -0.15) is 0 Å². The summed E-state index contributed by atoms with van der Waals surface area (Å²) in [7, 11) is 0. The zero-order valence-corrected chi connectivity index (χ0v) is 30.5. The topological polar surface area (TPSA) is 162 Å². The number of imidazole rings is 1. The number of nitrogens with zero attached hydrogens (tertiary/aromatic N) is 9. The molecule has 0 aliphatic carbocycles. The van der Waals surface area contributed by atoms with Gasteiger partial charge in [0.25, 0.3) is 11.8 Å². The molecule has 2 aromatic carbocycles. The van der Waals surface area contributed by atoms with E-state index in [1.54, 1.807) is 36.4 Å². The van der Waals surface area contributed by atoms with Crippen molar-refractivity contribution in [2.24, 2.45) is 0 Å². The summed E-state index contributed by atoms with van der Waals surface area (Å²) in [5.41, 5.74) is 5.11. The number of aryl methyl sites for hydroxylation is 1. The number of carbonyl (C=O) groups is 4. The lowest BCUT2D eigenvalue weighted by Gasteiger charge is -2.36. The van der Waals surface area contributed by atoms with Gasteiger partial charge in [-0.25, -0.2) is 24.1 Å². The second-order valence-electron chi connectivity index (χ2n) is 14.0. The van der Waals surface area contributed by atoms with E-state index in [4.69, 9.17) is 0 Å². The molecule has 3 aromatic heterocycles. The molecule has 0 spiro atoms. The van der Waals surface area contributed by atoms with Crippen LogP contribution in [0, 0.1) is 5.82 Å². The maximum absolute atomic E-state index is 15.9. The fraction of sp³-hybridized carbons (Fsp3) is 0.316. The third-order valence-corrected chi connectivity index (χ3v) is 11.3. The Bertz CT molecular complexity index is 2290. The van der Waals surface area contributed by atoms with Crippen LogP contribution in [0.3, 0.4) is 0 Å². The van der Waals surface area contributed by atoms with Crippen LogP contribution in [0.25, 0.3) is 11.1 Å². The molecule has 9 rings (SSSR count). The maximum Gasteiger partial charge on any atom is 0.329 e. The fourth-order valence-electron chi connectivity index (χ4n) is 7.77. The second-order valence-corrected chi connectivity index (χ2v) is 14.8. The molecule has 1 atom stereocenters. The number of fused-ring (bicyclic) bond motifs is 2. The predicted octanol–water partition coefficient (Wildman–Crippen LogP) is 3.99. The number of thiazole rings is 1. The molecule has 280 valence electrons. The first-order valence-electron chi connectivity index (χ1n) is 18.2. The second kappa shape index (κ2) is 14.3. The number of rotatable bonds is 9. The van der Waals surface area contributed by atoms with Crippen molar-refractivity contribution in [3.05, 3.63) is 101 Å². The Morgan fingerprint density at radius 1 is 0.927 bits per heavy atom. The molecule has 55 heavy (non-hydrogen) atoms.